The van der Waals surface area contributed by atoms with Gasteiger partial charge in [-0.05, 0) is 65.8 Å². The minimum atomic E-state index is -0.506. The first-order chi connectivity index (χ1) is 18.7. The summed E-state index contributed by atoms with van der Waals surface area (Å²) in [5, 5.41) is 0.732. The normalized spacial score (nSPS) is 13.8. The molecule has 0 unspecified atom stereocenters. The topological polar surface area (TPSA) is 69.4 Å². The number of rotatable bonds is 6. The highest BCUT2D eigenvalue weighted by atomic mass is 16.5. The molecular weight excluding hydrogens is 474 g/mol. The standard InChI is InChI=1S/C33H25NO4/c35-30(24-17-15-23(16-18-24)22-8-2-1-3-9-22)21-38-33(36)31-27-12-4-5-14-29(27)34-32-25(10-6-13-28(31)32)20-26-11-7-19-37-26/h1-5,7-9,11-12,14-20H,6,10,13,21H2/b25-20-. The average Bonchev–Trinajstić information content (AvgIpc) is 3.48. The number of Topliss-reactive ketones (excluding diaryl/α,β-unsaturated/α-hetero) is 1. The fourth-order valence-corrected chi connectivity index (χ4v) is 5.02. The number of carbonyl (C=O) groups excluding carboxylic acids is 2. The van der Waals surface area contributed by atoms with Crippen molar-refractivity contribution in [2.24, 2.45) is 0 Å². The highest BCUT2D eigenvalue weighted by Gasteiger charge is 2.26. The van der Waals surface area contributed by atoms with Gasteiger partial charge in [-0.1, -0.05) is 72.8 Å². The summed E-state index contributed by atoms with van der Waals surface area (Å²) in [7, 11) is 0. The number of para-hydroxylation sites is 1. The lowest BCUT2D eigenvalue weighted by molar-refractivity contribution is 0.0475. The Morgan fingerprint density at radius 3 is 2.39 bits per heavy atom. The molecule has 5 nitrogen and oxygen atoms in total. The number of esters is 1. The van der Waals surface area contributed by atoms with Gasteiger partial charge in [0.1, 0.15) is 5.76 Å². The molecule has 38 heavy (non-hydrogen) atoms. The van der Waals surface area contributed by atoms with E-state index in [9.17, 15) is 9.59 Å². The van der Waals surface area contributed by atoms with Crippen LogP contribution in [-0.4, -0.2) is 23.3 Å². The molecular formula is C33H25NO4. The van der Waals surface area contributed by atoms with E-state index in [-0.39, 0.29) is 12.4 Å². The van der Waals surface area contributed by atoms with E-state index in [4.69, 9.17) is 14.1 Å². The second-order valence-electron chi connectivity index (χ2n) is 9.31. The summed E-state index contributed by atoms with van der Waals surface area (Å²) < 4.78 is 11.1. The van der Waals surface area contributed by atoms with E-state index >= 15 is 0 Å². The van der Waals surface area contributed by atoms with Crippen molar-refractivity contribution in [2.45, 2.75) is 19.3 Å². The van der Waals surface area contributed by atoms with Crippen LogP contribution in [0.3, 0.4) is 0 Å². The van der Waals surface area contributed by atoms with Crippen molar-refractivity contribution in [2.75, 3.05) is 6.61 Å². The molecule has 5 heteroatoms. The van der Waals surface area contributed by atoms with Crippen LogP contribution in [0.4, 0.5) is 0 Å². The number of benzene rings is 3. The van der Waals surface area contributed by atoms with Crippen molar-refractivity contribution in [1.82, 2.24) is 4.98 Å². The van der Waals surface area contributed by atoms with Gasteiger partial charge < -0.3 is 9.15 Å². The minimum Gasteiger partial charge on any atom is -0.465 e. The van der Waals surface area contributed by atoms with Gasteiger partial charge in [0.05, 0.1) is 23.0 Å². The maximum absolute atomic E-state index is 13.5. The molecule has 0 bridgehead atoms. The summed E-state index contributed by atoms with van der Waals surface area (Å²) in [4.78, 5) is 31.3. The highest BCUT2D eigenvalue weighted by molar-refractivity contribution is 6.08. The third-order valence-electron chi connectivity index (χ3n) is 6.88. The van der Waals surface area contributed by atoms with Crippen LogP contribution in [0.15, 0.2) is 102 Å². The Bertz CT molecular complexity index is 1650. The second kappa shape index (κ2) is 10.3. The molecule has 3 aromatic carbocycles. The monoisotopic (exact) mass is 499 g/mol. The van der Waals surface area contributed by atoms with Crippen LogP contribution in [0.1, 0.15) is 50.6 Å². The molecule has 6 rings (SSSR count). The number of furan rings is 1. The maximum atomic E-state index is 13.5. The van der Waals surface area contributed by atoms with Gasteiger partial charge in [0.2, 0.25) is 0 Å². The Labute approximate surface area is 220 Å². The summed E-state index contributed by atoms with van der Waals surface area (Å²) in [6.07, 6.45) is 6.05. The third-order valence-corrected chi connectivity index (χ3v) is 6.88. The summed E-state index contributed by atoms with van der Waals surface area (Å²) in [5.41, 5.74) is 6.48. The number of pyridine rings is 1. The summed E-state index contributed by atoms with van der Waals surface area (Å²) in [5.74, 6) is -0.00670. The van der Waals surface area contributed by atoms with Gasteiger partial charge >= 0.3 is 5.97 Å². The number of nitrogens with zero attached hydrogens (tertiary/aromatic N) is 1. The smallest absolute Gasteiger partial charge is 0.339 e. The van der Waals surface area contributed by atoms with E-state index in [1.807, 2.05) is 84.9 Å². The molecule has 186 valence electrons. The van der Waals surface area contributed by atoms with Crippen molar-refractivity contribution >= 4 is 34.3 Å². The van der Waals surface area contributed by atoms with Gasteiger partial charge in [0.15, 0.2) is 12.4 Å². The van der Waals surface area contributed by atoms with Crippen LogP contribution in [0.5, 0.6) is 0 Å². The molecule has 0 radical (unpaired) electrons. The number of aromatic nitrogens is 1. The Kier molecular flexibility index (Phi) is 6.40. The maximum Gasteiger partial charge on any atom is 0.339 e. The van der Waals surface area contributed by atoms with Gasteiger partial charge in [0, 0.05) is 10.9 Å². The van der Waals surface area contributed by atoms with Gasteiger partial charge in [-0.2, -0.15) is 0 Å². The van der Waals surface area contributed by atoms with Crippen LogP contribution in [-0.2, 0) is 11.2 Å². The van der Waals surface area contributed by atoms with E-state index in [0.717, 1.165) is 51.9 Å². The lowest BCUT2D eigenvalue weighted by Gasteiger charge is -2.22. The van der Waals surface area contributed by atoms with Crippen molar-refractivity contribution in [3.05, 3.63) is 125 Å². The van der Waals surface area contributed by atoms with E-state index in [2.05, 4.69) is 0 Å². The van der Waals surface area contributed by atoms with Crippen LogP contribution in [0, 0.1) is 0 Å². The second-order valence-corrected chi connectivity index (χ2v) is 9.31. The first-order valence-corrected chi connectivity index (χ1v) is 12.7. The van der Waals surface area contributed by atoms with Crippen LogP contribution in [0.25, 0.3) is 33.7 Å². The fraction of sp³-hybridized carbons (Fsp3) is 0.121. The molecule has 2 aromatic heterocycles. The molecule has 0 saturated carbocycles. The Morgan fingerprint density at radius 2 is 1.61 bits per heavy atom. The van der Waals surface area contributed by atoms with E-state index < -0.39 is 5.97 Å². The zero-order chi connectivity index (χ0) is 25.9. The van der Waals surface area contributed by atoms with Crippen LogP contribution < -0.4 is 0 Å². The van der Waals surface area contributed by atoms with E-state index in [1.165, 1.54) is 0 Å². The first kappa shape index (κ1) is 23.6. The van der Waals surface area contributed by atoms with Crippen molar-refractivity contribution in [3.8, 4) is 11.1 Å². The third kappa shape index (κ3) is 4.66. The van der Waals surface area contributed by atoms with Crippen molar-refractivity contribution in [3.63, 3.8) is 0 Å². The van der Waals surface area contributed by atoms with Crippen molar-refractivity contribution in [1.29, 1.82) is 0 Å². The predicted molar refractivity (Wildman–Crippen MR) is 148 cm³/mol. The number of ketones is 1. The molecule has 0 aliphatic heterocycles. The quantitative estimate of drug-likeness (QED) is 0.180. The molecule has 0 amide bonds. The highest BCUT2D eigenvalue weighted by Crippen LogP contribution is 2.36. The molecule has 0 spiro atoms. The predicted octanol–water partition coefficient (Wildman–Crippen LogP) is 7.41. The van der Waals surface area contributed by atoms with Gasteiger partial charge in [0.25, 0.3) is 0 Å². The molecule has 0 saturated heterocycles. The van der Waals surface area contributed by atoms with Gasteiger partial charge in [-0.25, -0.2) is 9.78 Å². The SMILES string of the molecule is O=C(COC(=O)c1c2c(nc3ccccc13)/C(=C\c1ccco1)CCC2)c1ccc(-c2ccccc2)cc1. The number of hydrogen-bond donors (Lipinski definition) is 0. The Balaban J connectivity index is 1.27. The Hall–Kier alpha value is -4.77. The molecule has 2 heterocycles. The Morgan fingerprint density at radius 1 is 0.842 bits per heavy atom. The molecule has 0 N–H and O–H groups in total. The fourth-order valence-electron chi connectivity index (χ4n) is 5.02. The van der Waals surface area contributed by atoms with E-state index in [1.54, 1.807) is 18.4 Å². The zero-order valence-corrected chi connectivity index (χ0v) is 20.7. The lowest BCUT2D eigenvalue weighted by atomic mass is 9.86. The molecule has 0 atom stereocenters. The number of fused-ring (bicyclic) bond motifs is 2. The summed E-state index contributed by atoms with van der Waals surface area (Å²) in [6, 6.07) is 28.6. The first-order valence-electron chi connectivity index (χ1n) is 12.7. The number of ether oxygens (including phenoxy) is 1. The van der Waals surface area contributed by atoms with Gasteiger partial charge in [-0.3, -0.25) is 4.79 Å². The lowest BCUT2D eigenvalue weighted by Crippen LogP contribution is -2.18. The number of carbonyl (C=O) groups is 2. The van der Waals surface area contributed by atoms with Gasteiger partial charge in [-0.15, -0.1) is 0 Å². The number of hydrogen-bond acceptors (Lipinski definition) is 5. The molecule has 1 aliphatic rings. The number of allylic oxidation sites excluding steroid dienone is 1. The summed E-state index contributed by atoms with van der Waals surface area (Å²) in [6.45, 7) is -0.329. The zero-order valence-electron chi connectivity index (χ0n) is 20.7. The van der Waals surface area contributed by atoms with Crippen LogP contribution >= 0.6 is 0 Å². The molecule has 5 aromatic rings. The van der Waals surface area contributed by atoms with E-state index in [0.29, 0.717) is 23.1 Å². The molecule has 1 aliphatic carbocycles. The summed E-state index contributed by atoms with van der Waals surface area (Å²) >= 11 is 0. The largest absolute Gasteiger partial charge is 0.465 e. The van der Waals surface area contributed by atoms with Crippen molar-refractivity contribution < 1.29 is 18.7 Å². The average molecular weight is 500 g/mol. The molecule has 0 fully saturated rings. The minimum absolute atomic E-state index is 0.247. The van der Waals surface area contributed by atoms with Crippen LogP contribution in [0.2, 0.25) is 0 Å².